The maximum absolute atomic E-state index is 12.5. The van der Waals surface area contributed by atoms with Gasteiger partial charge in [0.25, 0.3) is 6.20 Å². The van der Waals surface area contributed by atoms with Crippen molar-refractivity contribution in [2.75, 3.05) is 5.73 Å². The van der Waals surface area contributed by atoms with E-state index in [1.54, 1.807) is 7.05 Å². The summed E-state index contributed by atoms with van der Waals surface area (Å²) in [5.74, 6) is -0.343. The standard InChI is InChI=1S/C18H15N5O2S/c1-10-8-12-14(19)16(17(24)20-13-9-23(2)22-25-13)26-18(12)21-15(10)11-6-4-3-5-7-11/h3-9H,1-2H3,(H2-,19,20,22,24). The van der Waals surface area contributed by atoms with E-state index in [1.807, 2.05) is 43.3 Å². The smallest absolute Gasteiger partial charge is 0.320 e. The van der Waals surface area contributed by atoms with Crippen LogP contribution in [0.15, 0.2) is 52.1 Å². The molecule has 1 aromatic carbocycles. The van der Waals surface area contributed by atoms with Crippen molar-refractivity contribution in [2.24, 2.45) is 12.0 Å². The molecule has 8 heteroatoms. The maximum atomic E-state index is 12.5. The molecule has 0 saturated carbocycles. The second kappa shape index (κ2) is 6.23. The predicted molar refractivity (Wildman–Crippen MR) is 98.1 cm³/mol. The molecule has 2 N–H and O–H groups in total. The summed E-state index contributed by atoms with van der Waals surface area (Å²) < 4.78 is 6.37. The van der Waals surface area contributed by atoms with Crippen LogP contribution in [0.1, 0.15) is 10.4 Å². The molecule has 7 nitrogen and oxygen atoms in total. The third-order valence-corrected chi connectivity index (χ3v) is 5.03. The summed E-state index contributed by atoms with van der Waals surface area (Å²) in [6.07, 6.45) is 1.51. The zero-order chi connectivity index (χ0) is 18.3. The van der Waals surface area contributed by atoms with Crippen molar-refractivity contribution in [2.45, 2.75) is 6.92 Å². The number of hydrogen-bond donors (Lipinski definition) is 1. The fourth-order valence-corrected chi connectivity index (χ4v) is 3.66. The summed E-state index contributed by atoms with van der Waals surface area (Å²) in [6, 6.07) is 11.9. The lowest BCUT2D eigenvalue weighted by atomic mass is 10.1. The number of anilines is 1. The molecule has 4 rings (SSSR count). The molecule has 0 fully saturated rings. The summed E-state index contributed by atoms with van der Waals surface area (Å²) in [5.41, 5.74) is 9.47. The quantitative estimate of drug-likeness (QED) is 0.340. The summed E-state index contributed by atoms with van der Waals surface area (Å²) in [4.78, 5) is 9.69. The molecule has 0 aliphatic heterocycles. The Balaban J connectivity index is 1.83. The van der Waals surface area contributed by atoms with Gasteiger partial charge >= 0.3 is 5.88 Å². The van der Waals surface area contributed by atoms with Crippen molar-refractivity contribution in [3.05, 3.63) is 53.0 Å². The molecule has 0 spiro atoms. The minimum Gasteiger partial charge on any atom is -0.857 e. The first-order valence-electron chi connectivity index (χ1n) is 7.86. The molecule has 0 amide bonds. The average molecular weight is 365 g/mol. The molecule has 0 unspecified atom stereocenters. The summed E-state index contributed by atoms with van der Waals surface area (Å²) in [7, 11) is 1.68. The second-order valence-electron chi connectivity index (χ2n) is 5.85. The predicted octanol–water partition coefficient (Wildman–Crippen LogP) is 2.11. The first-order valence-corrected chi connectivity index (χ1v) is 8.68. The Labute approximate surface area is 153 Å². The lowest BCUT2D eigenvalue weighted by Crippen LogP contribution is -2.27. The Hall–Kier alpha value is -3.26. The Bertz CT molecular complexity index is 1130. The second-order valence-corrected chi connectivity index (χ2v) is 6.85. The minimum atomic E-state index is -0.471. The molecule has 3 aromatic heterocycles. The van der Waals surface area contributed by atoms with Crippen LogP contribution in [0.5, 0.6) is 0 Å². The van der Waals surface area contributed by atoms with Crippen molar-refractivity contribution in [3.63, 3.8) is 0 Å². The van der Waals surface area contributed by atoms with E-state index in [0.29, 0.717) is 15.4 Å². The Morgan fingerprint density at radius 3 is 2.77 bits per heavy atom. The number of nitrogens with two attached hydrogens (primary N) is 1. The van der Waals surface area contributed by atoms with E-state index in [9.17, 15) is 5.11 Å². The monoisotopic (exact) mass is 365 g/mol. The number of aryl methyl sites for hydroxylation is 2. The van der Waals surface area contributed by atoms with Crippen molar-refractivity contribution < 1.29 is 14.3 Å². The van der Waals surface area contributed by atoms with Crippen molar-refractivity contribution >= 4 is 39.0 Å². The number of aliphatic imine (C=N–C) groups is 1. The van der Waals surface area contributed by atoms with Gasteiger partial charge in [-0.3, -0.25) is 4.52 Å². The number of thiophene rings is 1. The van der Waals surface area contributed by atoms with Gasteiger partial charge < -0.3 is 10.8 Å². The minimum absolute atomic E-state index is 0.128. The molecule has 0 saturated heterocycles. The number of hydrogen-bond acceptors (Lipinski definition) is 7. The van der Waals surface area contributed by atoms with Gasteiger partial charge in [-0.1, -0.05) is 35.0 Å². The van der Waals surface area contributed by atoms with Crippen LogP contribution in [0.2, 0.25) is 0 Å². The van der Waals surface area contributed by atoms with E-state index in [-0.39, 0.29) is 5.88 Å². The number of aromatic nitrogens is 3. The lowest BCUT2D eigenvalue weighted by molar-refractivity contribution is -0.739. The molecule has 26 heavy (non-hydrogen) atoms. The molecular weight excluding hydrogens is 350 g/mol. The largest absolute Gasteiger partial charge is 0.857 e. The van der Waals surface area contributed by atoms with Gasteiger partial charge in [-0.25, -0.2) is 9.98 Å². The highest BCUT2D eigenvalue weighted by atomic mass is 32.1. The van der Waals surface area contributed by atoms with E-state index in [4.69, 9.17) is 15.2 Å². The normalized spacial score (nSPS) is 12.0. The first-order chi connectivity index (χ1) is 12.5. The number of rotatable bonds is 3. The lowest BCUT2D eigenvalue weighted by Gasteiger charge is -2.07. The fraction of sp³-hybridized carbons (Fsp3) is 0.111. The number of pyridine rings is 1. The highest BCUT2D eigenvalue weighted by Crippen LogP contribution is 2.36. The number of fused-ring (bicyclic) bond motifs is 1. The van der Waals surface area contributed by atoms with Crippen LogP contribution in [-0.2, 0) is 7.05 Å². The molecule has 3 heterocycles. The number of benzene rings is 1. The van der Waals surface area contributed by atoms with Gasteiger partial charge in [0, 0.05) is 16.8 Å². The number of nitrogens with zero attached hydrogens (tertiary/aromatic N) is 4. The van der Waals surface area contributed by atoms with E-state index in [2.05, 4.69) is 10.3 Å². The third-order valence-electron chi connectivity index (χ3n) is 3.93. The van der Waals surface area contributed by atoms with Crippen molar-refractivity contribution in [1.29, 1.82) is 0 Å². The summed E-state index contributed by atoms with van der Waals surface area (Å²) in [6.45, 7) is 1.98. The topological polar surface area (TPSA) is 104 Å². The Kier molecular flexibility index (Phi) is 3.89. The van der Waals surface area contributed by atoms with E-state index >= 15 is 0 Å². The molecular formula is C18H15N5O2S. The summed E-state index contributed by atoms with van der Waals surface area (Å²) in [5, 5.41) is 16.9. The van der Waals surface area contributed by atoms with Gasteiger partial charge in [0.15, 0.2) is 12.3 Å². The average Bonchev–Trinajstić information content (AvgIpc) is 3.18. The number of nitrogen functional groups attached to an aromatic ring is 1. The highest BCUT2D eigenvalue weighted by Gasteiger charge is 2.15. The van der Waals surface area contributed by atoms with Gasteiger partial charge in [-0.15, -0.1) is 11.3 Å². The van der Waals surface area contributed by atoms with Crippen molar-refractivity contribution in [3.8, 4) is 11.3 Å². The zero-order valence-electron chi connectivity index (χ0n) is 14.1. The van der Waals surface area contributed by atoms with E-state index < -0.39 is 5.90 Å². The first kappa shape index (κ1) is 16.2. The SMILES string of the molecule is Cc1cc2c(N)c(/C([O-])=N/c3c[n+](C)no3)sc2nc1-c1ccccc1. The van der Waals surface area contributed by atoms with Gasteiger partial charge in [-0.05, 0) is 18.6 Å². The van der Waals surface area contributed by atoms with Crippen LogP contribution in [0, 0.1) is 6.92 Å². The molecule has 0 radical (unpaired) electrons. The third kappa shape index (κ3) is 2.80. The molecule has 0 bridgehead atoms. The molecule has 0 atom stereocenters. The van der Waals surface area contributed by atoms with Crippen LogP contribution in [0.4, 0.5) is 11.6 Å². The molecule has 0 aliphatic carbocycles. The van der Waals surface area contributed by atoms with Gasteiger partial charge in [0.2, 0.25) is 0 Å². The van der Waals surface area contributed by atoms with Crippen LogP contribution in [-0.4, -0.2) is 16.2 Å². The van der Waals surface area contributed by atoms with Crippen molar-refractivity contribution in [1.82, 2.24) is 10.3 Å². The molecule has 4 aromatic rings. The van der Waals surface area contributed by atoms with Crippen LogP contribution >= 0.6 is 11.3 Å². The maximum Gasteiger partial charge on any atom is 0.320 e. The Morgan fingerprint density at radius 1 is 1.31 bits per heavy atom. The van der Waals surface area contributed by atoms with Gasteiger partial charge in [-0.2, -0.15) is 0 Å². The Morgan fingerprint density at radius 2 is 2.08 bits per heavy atom. The fourth-order valence-electron chi connectivity index (χ4n) is 2.70. The molecule has 130 valence electrons. The van der Waals surface area contributed by atoms with Crippen LogP contribution in [0.3, 0.4) is 0 Å². The van der Waals surface area contributed by atoms with E-state index in [0.717, 1.165) is 22.2 Å². The van der Waals surface area contributed by atoms with Crippen LogP contribution < -0.4 is 15.5 Å². The van der Waals surface area contributed by atoms with E-state index in [1.165, 1.54) is 22.2 Å². The van der Waals surface area contributed by atoms with Gasteiger partial charge in [0.05, 0.1) is 16.3 Å². The highest BCUT2D eigenvalue weighted by molar-refractivity contribution is 7.21. The molecule has 0 aliphatic rings. The summed E-state index contributed by atoms with van der Waals surface area (Å²) >= 11 is 1.23. The van der Waals surface area contributed by atoms with Gasteiger partial charge in [0.1, 0.15) is 4.83 Å². The van der Waals surface area contributed by atoms with Crippen LogP contribution in [0.25, 0.3) is 21.5 Å². The zero-order valence-corrected chi connectivity index (χ0v) is 14.9.